The van der Waals surface area contributed by atoms with Crippen molar-refractivity contribution in [3.63, 3.8) is 0 Å². The van der Waals surface area contributed by atoms with Gasteiger partial charge < -0.3 is 60.6 Å². The summed E-state index contributed by atoms with van der Waals surface area (Å²) in [4.78, 5) is 10.5. The van der Waals surface area contributed by atoms with Crippen LogP contribution in [0.15, 0.2) is 0 Å². The van der Waals surface area contributed by atoms with E-state index in [2.05, 4.69) is 0 Å². The molecular weight excluding hydrogens is 336 g/mol. The molecule has 1 saturated heterocycles. The number of hydrogen-bond donors (Lipinski definition) is 8. The summed E-state index contributed by atoms with van der Waals surface area (Å²) in [6.45, 7) is -1.64. The van der Waals surface area contributed by atoms with Crippen LogP contribution in [-0.4, -0.2) is 121 Å². The molecule has 1 aliphatic heterocycles. The van der Waals surface area contributed by atoms with Crippen LogP contribution in [-0.2, 0) is 14.3 Å². The molecule has 0 spiro atoms. The minimum atomic E-state index is -1.97. The van der Waals surface area contributed by atoms with E-state index in [4.69, 9.17) is 19.7 Å². The van der Waals surface area contributed by atoms with Gasteiger partial charge in [-0.25, -0.2) is 0 Å². The summed E-state index contributed by atoms with van der Waals surface area (Å²) in [5, 5.41) is 75.7. The number of rotatable bonds is 8. The number of carbonyl (C=O) groups is 1. The maximum atomic E-state index is 10.5. The van der Waals surface area contributed by atoms with Gasteiger partial charge in [0, 0.05) is 0 Å². The Morgan fingerprint density at radius 2 is 1.62 bits per heavy atom. The van der Waals surface area contributed by atoms with Crippen molar-refractivity contribution in [3.05, 3.63) is 0 Å². The predicted molar refractivity (Wildman–Crippen MR) is 73.4 cm³/mol. The fourth-order valence-corrected chi connectivity index (χ4v) is 2.11. The molecule has 0 aliphatic carbocycles. The third-order valence-electron chi connectivity index (χ3n) is 3.53. The van der Waals surface area contributed by atoms with Crippen molar-refractivity contribution in [1.29, 1.82) is 0 Å². The highest BCUT2D eigenvalue weighted by molar-refractivity contribution is 5.56. The van der Waals surface area contributed by atoms with Crippen molar-refractivity contribution in [2.24, 2.45) is 0 Å². The van der Waals surface area contributed by atoms with Gasteiger partial charge in [0.25, 0.3) is 0 Å². The summed E-state index contributed by atoms with van der Waals surface area (Å²) in [6.07, 6.45) is -15.7. The van der Waals surface area contributed by atoms with Gasteiger partial charge in [-0.1, -0.05) is 0 Å². The highest BCUT2D eigenvalue weighted by atomic mass is 16.7. The van der Waals surface area contributed by atoms with Crippen molar-refractivity contribution < 1.29 is 60.6 Å². The van der Waals surface area contributed by atoms with Crippen molar-refractivity contribution in [1.82, 2.24) is 0 Å². The molecule has 0 aromatic rings. The molecule has 0 aromatic heterocycles. The van der Waals surface area contributed by atoms with E-state index in [1.807, 2.05) is 0 Å². The second kappa shape index (κ2) is 10.3. The molecule has 12 heteroatoms. The molecule has 144 valence electrons. The summed E-state index contributed by atoms with van der Waals surface area (Å²) in [5.74, 6) is 0. The summed E-state index contributed by atoms with van der Waals surface area (Å²) >= 11 is 0. The van der Waals surface area contributed by atoms with Crippen molar-refractivity contribution in [2.45, 2.75) is 55.1 Å². The summed E-state index contributed by atoms with van der Waals surface area (Å²) in [6, 6.07) is 0. The van der Waals surface area contributed by atoms with Crippen LogP contribution in [0, 0.1) is 0 Å². The molecule has 0 saturated carbocycles. The van der Waals surface area contributed by atoms with Crippen LogP contribution in [0.4, 0.5) is 0 Å². The van der Waals surface area contributed by atoms with Crippen LogP contribution in [0.5, 0.6) is 0 Å². The lowest BCUT2D eigenvalue weighted by atomic mass is 9.98. The molecule has 10 N–H and O–H groups in total. The molecule has 0 amide bonds. The van der Waals surface area contributed by atoms with E-state index < -0.39 is 68.3 Å². The SMILES string of the molecule is O.O=C[C@H](O)[C@H](O)[C@H](O[C@H]1O[C@@H](CO)[C@@H](O)[C@@H](O)[C@@H]1O)[C@H](O)CO. The van der Waals surface area contributed by atoms with Gasteiger partial charge in [0.15, 0.2) is 12.6 Å². The van der Waals surface area contributed by atoms with E-state index >= 15 is 0 Å². The molecule has 1 aliphatic rings. The number of aldehydes is 1. The first kappa shape index (κ1) is 23.2. The van der Waals surface area contributed by atoms with E-state index in [1.54, 1.807) is 0 Å². The maximum absolute atomic E-state index is 10.5. The second-order valence-corrected chi connectivity index (χ2v) is 5.17. The molecule has 0 aromatic carbocycles. The van der Waals surface area contributed by atoms with Gasteiger partial charge in [-0.2, -0.15) is 0 Å². The summed E-state index contributed by atoms with van der Waals surface area (Å²) in [5.41, 5.74) is 0. The fraction of sp³-hybridized carbons (Fsp3) is 0.917. The van der Waals surface area contributed by atoms with Crippen LogP contribution in [0.25, 0.3) is 0 Å². The Labute approximate surface area is 136 Å². The summed E-state index contributed by atoms with van der Waals surface area (Å²) < 4.78 is 10.1. The Balaban J connectivity index is 0.00000529. The Kier molecular flexibility index (Phi) is 9.94. The van der Waals surface area contributed by atoms with Gasteiger partial charge in [-0.05, 0) is 0 Å². The standard InChI is InChI=1S/C12H22O11.H2O/c13-1-4(16)7(18)11(5(17)2-14)23-12-10(21)9(20)8(19)6(3-15)22-12;/h1,4-12,14-21H,2-3H2;1H2/t4-,5+,6-,7-,8+,9+,10-,11+,12+;/m0./s1. The number of hydrogen-bond acceptors (Lipinski definition) is 11. The highest BCUT2D eigenvalue weighted by Crippen LogP contribution is 2.24. The molecule has 1 heterocycles. The fourth-order valence-electron chi connectivity index (χ4n) is 2.11. The normalized spacial score (nSPS) is 35.4. The highest BCUT2D eigenvalue weighted by Gasteiger charge is 2.46. The topological polar surface area (TPSA) is 229 Å². The molecule has 24 heavy (non-hydrogen) atoms. The van der Waals surface area contributed by atoms with Crippen LogP contribution in [0.1, 0.15) is 0 Å². The van der Waals surface area contributed by atoms with Crippen molar-refractivity contribution >= 4 is 6.29 Å². The first-order valence-corrected chi connectivity index (χ1v) is 6.84. The Morgan fingerprint density at radius 1 is 1.04 bits per heavy atom. The van der Waals surface area contributed by atoms with Gasteiger partial charge in [0.2, 0.25) is 0 Å². The lowest BCUT2D eigenvalue weighted by Gasteiger charge is -2.42. The average Bonchev–Trinajstić information content (AvgIpc) is 2.57. The zero-order chi connectivity index (χ0) is 17.7. The third kappa shape index (κ3) is 5.11. The van der Waals surface area contributed by atoms with E-state index in [1.165, 1.54) is 0 Å². The first-order valence-electron chi connectivity index (χ1n) is 6.84. The zero-order valence-electron chi connectivity index (χ0n) is 12.5. The summed E-state index contributed by atoms with van der Waals surface area (Å²) in [7, 11) is 0. The predicted octanol–water partition coefficient (Wildman–Crippen LogP) is -6.38. The molecule has 1 fully saturated rings. The van der Waals surface area contributed by atoms with Crippen molar-refractivity contribution in [3.8, 4) is 0 Å². The number of ether oxygens (including phenoxy) is 2. The minimum Gasteiger partial charge on any atom is -0.412 e. The molecule has 12 nitrogen and oxygen atoms in total. The van der Waals surface area contributed by atoms with Crippen LogP contribution in [0.2, 0.25) is 0 Å². The van der Waals surface area contributed by atoms with Crippen LogP contribution >= 0.6 is 0 Å². The molecule has 0 bridgehead atoms. The average molecular weight is 360 g/mol. The quantitative estimate of drug-likeness (QED) is 0.190. The molecule has 9 atom stereocenters. The van der Waals surface area contributed by atoms with E-state index in [0.717, 1.165) is 0 Å². The van der Waals surface area contributed by atoms with Gasteiger partial charge in [-0.3, -0.25) is 0 Å². The van der Waals surface area contributed by atoms with E-state index in [0.29, 0.717) is 0 Å². The van der Waals surface area contributed by atoms with Crippen LogP contribution in [0.3, 0.4) is 0 Å². The zero-order valence-corrected chi connectivity index (χ0v) is 12.5. The monoisotopic (exact) mass is 360 g/mol. The van der Waals surface area contributed by atoms with E-state index in [9.17, 15) is 35.4 Å². The van der Waals surface area contributed by atoms with E-state index in [-0.39, 0.29) is 11.8 Å². The lowest BCUT2D eigenvalue weighted by Crippen LogP contribution is -2.61. The van der Waals surface area contributed by atoms with Crippen LogP contribution < -0.4 is 0 Å². The van der Waals surface area contributed by atoms with Crippen molar-refractivity contribution in [2.75, 3.05) is 13.2 Å². The largest absolute Gasteiger partial charge is 0.412 e. The third-order valence-corrected chi connectivity index (χ3v) is 3.53. The molecule has 0 radical (unpaired) electrons. The number of carbonyl (C=O) groups excluding carboxylic acids is 1. The molecular formula is C12H24O12. The number of aliphatic hydroxyl groups is 8. The van der Waals surface area contributed by atoms with Gasteiger partial charge in [-0.15, -0.1) is 0 Å². The first-order chi connectivity index (χ1) is 10.8. The molecule has 1 rings (SSSR count). The second-order valence-electron chi connectivity index (χ2n) is 5.17. The van der Waals surface area contributed by atoms with Gasteiger partial charge in [0.1, 0.15) is 48.8 Å². The Hall–Kier alpha value is -0.770. The lowest BCUT2D eigenvalue weighted by molar-refractivity contribution is -0.326. The maximum Gasteiger partial charge on any atom is 0.187 e. The van der Waals surface area contributed by atoms with Gasteiger partial charge in [0.05, 0.1) is 13.2 Å². The smallest absolute Gasteiger partial charge is 0.187 e. The number of aliphatic hydroxyl groups excluding tert-OH is 8. The molecule has 0 unspecified atom stereocenters. The van der Waals surface area contributed by atoms with Gasteiger partial charge >= 0.3 is 0 Å². The minimum absolute atomic E-state index is 0. The Morgan fingerprint density at radius 3 is 2.08 bits per heavy atom. The Bertz CT molecular complexity index is 366.